The Morgan fingerprint density at radius 1 is 1.56 bits per heavy atom. The average molecular weight is 274 g/mol. The number of rotatable bonds is 3. The number of hydrogen-bond acceptors (Lipinski definition) is 6. The van der Waals surface area contributed by atoms with E-state index in [0.29, 0.717) is 0 Å². The van der Waals surface area contributed by atoms with Gasteiger partial charge in [0.1, 0.15) is 11.4 Å². The maximum absolute atomic E-state index is 12.0. The van der Waals surface area contributed by atoms with Crippen LogP contribution in [0, 0.1) is 0 Å². The standard InChI is InChI=1S/C11H18N2O4S/c1-8(2)5-9(12-14)7-18(15,16)10-6-11(3,4)17-13-10/h5,14H,6-7H2,1-4H3/b12-9+. The average Bonchev–Trinajstić information content (AvgIpc) is 2.57. The molecule has 0 aromatic carbocycles. The molecular formula is C11H18N2O4S. The maximum atomic E-state index is 12.0. The molecule has 0 aromatic rings. The van der Waals surface area contributed by atoms with E-state index >= 15 is 0 Å². The van der Waals surface area contributed by atoms with Crippen molar-refractivity contribution in [1.29, 1.82) is 0 Å². The summed E-state index contributed by atoms with van der Waals surface area (Å²) in [5, 5.41) is 15.4. The first kappa shape index (κ1) is 14.7. The second-order valence-electron chi connectivity index (χ2n) is 5.08. The predicted molar refractivity (Wildman–Crippen MR) is 69.7 cm³/mol. The Hall–Kier alpha value is -1.37. The number of nitrogens with zero attached hydrogens (tertiary/aromatic N) is 2. The number of oxime groups is 2. The molecule has 1 rings (SSSR count). The smallest absolute Gasteiger partial charge is 0.200 e. The molecule has 102 valence electrons. The van der Waals surface area contributed by atoms with Gasteiger partial charge in [0, 0.05) is 6.42 Å². The lowest BCUT2D eigenvalue weighted by molar-refractivity contribution is 0.0123. The summed E-state index contributed by atoms with van der Waals surface area (Å²) in [6.45, 7) is 7.10. The van der Waals surface area contributed by atoms with Gasteiger partial charge in [-0.1, -0.05) is 15.9 Å². The van der Waals surface area contributed by atoms with Crippen molar-refractivity contribution >= 4 is 20.6 Å². The van der Waals surface area contributed by atoms with Crippen molar-refractivity contribution in [2.24, 2.45) is 10.3 Å². The molecule has 0 bridgehead atoms. The Balaban J connectivity index is 2.87. The molecule has 0 aromatic heterocycles. The van der Waals surface area contributed by atoms with Crippen molar-refractivity contribution in [3.63, 3.8) is 0 Å². The van der Waals surface area contributed by atoms with E-state index in [2.05, 4.69) is 10.3 Å². The number of sulfone groups is 1. The Bertz CT molecular complexity index is 511. The van der Waals surface area contributed by atoms with Crippen LogP contribution in [0.15, 0.2) is 22.0 Å². The van der Waals surface area contributed by atoms with Gasteiger partial charge in [-0.3, -0.25) is 0 Å². The van der Waals surface area contributed by atoms with Crippen LogP contribution in [0.25, 0.3) is 0 Å². The monoisotopic (exact) mass is 274 g/mol. The summed E-state index contributed by atoms with van der Waals surface area (Å²) in [6, 6.07) is 0. The predicted octanol–water partition coefficient (Wildman–Crippen LogP) is 1.71. The van der Waals surface area contributed by atoms with Gasteiger partial charge in [0.15, 0.2) is 5.04 Å². The molecule has 18 heavy (non-hydrogen) atoms. The van der Waals surface area contributed by atoms with Crippen LogP contribution in [0.1, 0.15) is 34.1 Å². The minimum atomic E-state index is -3.60. The van der Waals surface area contributed by atoms with Crippen molar-refractivity contribution in [3.8, 4) is 0 Å². The molecule has 0 fully saturated rings. The van der Waals surface area contributed by atoms with E-state index in [1.54, 1.807) is 27.7 Å². The van der Waals surface area contributed by atoms with Crippen molar-refractivity contribution < 1.29 is 18.5 Å². The van der Waals surface area contributed by atoms with Crippen LogP contribution in [-0.4, -0.2) is 35.7 Å². The molecule has 0 saturated heterocycles. The van der Waals surface area contributed by atoms with E-state index in [9.17, 15) is 8.42 Å². The zero-order valence-electron chi connectivity index (χ0n) is 11.0. The minimum Gasteiger partial charge on any atom is -0.411 e. The molecule has 6 nitrogen and oxygen atoms in total. The molecule has 0 aliphatic carbocycles. The van der Waals surface area contributed by atoms with Crippen LogP contribution in [0.4, 0.5) is 0 Å². The molecule has 0 atom stereocenters. The fourth-order valence-corrected chi connectivity index (χ4v) is 2.90. The van der Waals surface area contributed by atoms with Crippen molar-refractivity contribution in [2.75, 3.05) is 5.75 Å². The third-order valence-corrected chi connectivity index (χ3v) is 3.86. The van der Waals surface area contributed by atoms with Crippen molar-refractivity contribution in [1.82, 2.24) is 0 Å². The summed E-state index contributed by atoms with van der Waals surface area (Å²) in [5.41, 5.74) is 0.334. The minimum absolute atomic E-state index is 0.00388. The van der Waals surface area contributed by atoms with Gasteiger partial charge in [-0.25, -0.2) is 8.42 Å². The second kappa shape index (κ2) is 5.09. The molecule has 0 unspecified atom stereocenters. The van der Waals surface area contributed by atoms with Gasteiger partial charge in [0.2, 0.25) is 9.84 Å². The van der Waals surface area contributed by atoms with E-state index < -0.39 is 15.4 Å². The van der Waals surface area contributed by atoms with Crippen LogP contribution in [0.3, 0.4) is 0 Å². The van der Waals surface area contributed by atoms with Gasteiger partial charge in [-0.15, -0.1) is 0 Å². The number of allylic oxidation sites excluding steroid dienone is 2. The number of hydrogen-bond donors (Lipinski definition) is 1. The highest BCUT2D eigenvalue weighted by molar-refractivity contribution is 8.07. The summed E-state index contributed by atoms with van der Waals surface area (Å²) in [4.78, 5) is 5.03. The van der Waals surface area contributed by atoms with E-state index in [1.807, 2.05) is 0 Å². The van der Waals surface area contributed by atoms with Gasteiger partial charge < -0.3 is 10.0 Å². The summed E-state index contributed by atoms with van der Waals surface area (Å²) < 4.78 is 24.1. The SMILES string of the molecule is CC(C)=C/C(CS(=O)(=O)C1=NOC(C)(C)C1)=N\O. The Morgan fingerprint density at radius 3 is 2.56 bits per heavy atom. The highest BCUT2D eigenvalue weighted by Crippen LogP contribution is 2.25. The Morgan fingerprint density at radius 2 is 2.17 bits per heavy atom. The van der Waals surface area contributed by atoms with Crippen molar-refractivity contribution in [3.05, 3.63) is 11.6 Å². The summed E-state index contributed by atoms with van der Waals surface area (Å²) in [5.74, 6) is -0.382. The lowest BCUT2D eigenvalue weighted by Crippen LogP contribution is -2.26. The van der Waals surface area contributed by atoms with Crippen LogP contribution >= 0.6 is 0 Å². The molecule has 1 aliphatic rings. The Kier molecular flexibility index (Phi) is 4.16. The highest BCUT2D eigenvalue weighted by atomic mass is 32.2. The van der Waals surface area contributed by atoms with Gasteiger partial charge in [-0.05, 0) is 33.8 Å². The first-order valence-corrected chi connectivity index (χ1v) is 7.15. The first-order chi connectivity index (χ1) is 8.16. The maximum Gasteiger partial charge on any atom is 0.200 e. The lowest BCUT2D eigenvalue weighted by atomic mass is 10.1. The molecular weight excluding hydrogens is 256 g/mol. The van der Waals surface area contributed by atoms with Gasteiger partial charge in [0.05, 0.1) is 5.71 Å². The quantitative estimate of drug-likeness (QED) is 0.482. The second-order valence-corrected chi connectivity index (χ2v) is 7.07. The van der Waals surface area contributed by atoms with Gasteiger partial charge >= 0.3 is 0 Å². The molecule has 0 radical (unpaired) electrons. The van der Waals surface area contributed by atoms with Gasteiger partial charge in [-0.2, -0.15) is 0 Å². The fraction of sp³-hybridized carbons (Fsp3) is 0.636. The zero-order chi connectivity index (χ0) is 14.0. The van der Waals surface area contributed by atoms with E-state index in [1.165, 1.54) is 6.08 Å². The largest absolute Gasteiger partial charge is 0.411 e. The third-order valence-electron chi connectivity index (χ3n) is 2.25. The molecule has 1 N–H and O–H groups in total. The van der Waals surface area contributed by atoms with E-state index in [-0.39, 0.29) is 22.9 Å². The van der Waals surface area contributed by atoms with E-state index in [4.69, 9.17) is 10.0 Å². The zero-order valence-corrected chi connectivity index (χ0v) is 11.8. The van der Waals surface area contributed by atoms with Gasteiger partial charge in [0.25, 0.3) is 0 Å². The summed E-state index contributed by atoms with van der Waals surface area (Å²) >= 11 is 0. The van der Waals surface area contributed by atoms with Crippen LogP contribution < -0.4 is 0 Å². The van der Waals surface area contributed by atoms with Crippen LogP contribution in [-0.2, 0) is 14.7 Å². The third kappa shape index (κ3) is 3.83. The molecule has 0 spiro atoms. The topological polar surface area (TPSA) is 88.3 Å². The summed E-state index contributed by atoms with van der Waals surface area (Å²) in [7, 11) is -3.60. The normalized spacial score (nSPS) is 19.1. The molecule has 7 heteroatoms. The molecule has 0 saturated carbocycles. The molecule has 1 aliphatic heterocycles. The fourth-order valence-electron chi connectivity index (χ4n) is 1.48. The highest BCUT2D eigenvalue weighted by Gasteiger charge is 2.36. The van der Waals surface area contributed by atoms with E-state index in [0.717, 1.165) is 5.57 Å². The Labute approximate surface area is 107 Å². The van der Waals surface area contributed by atoms with Crippen LogP contribution in [0.2, 0.25) is 0 Å². The van der Waals surface area contributed by atoms with Crippen molar-refractivity contribution in [2.45, 2.75) is 39.7 Å². The van der Waals surface area contributed by atoms with Crippen LogP contribution in [0.5, 0.6) is 0 Å². The molecule has 0 amide bonds. The summed E-state index contributed by atoms with van der Waals surface area (Å²) in [6.07, 6.45) is 1.74. The molecule has 1 heterocycles. The lowest BCUT2D eigenvalue weighted by Gasteiger charge is -2.13. The first-order valence-electron chi connectivity index (χ1n) is 5.50.